The third kappa shape index (κ3) is 3.23. The van der Waals surface area contributed by atoms with Crippen molar-refractivity contribution in [1.29, 1.82) is 0 Å². The van der Waals surface area contributed by atoms with Crippen LogP contribution in [-0.4, -0.2) is 48.4 Å². The Hall–Kier alpha value is -2.11. The molecule has 24 heavy (non-hydrogen) atoms. The van der Waals surface area contributed by atoms with Crippen molar-refractivity contribution in [2.24, 2.45) is 5.92 Å². The topological polar surface area (TPSA) is 52.7 Å². The predicted molar refractivity (Wildman–Crippen MR) is 90.5 cm³/mol. The molecule has 2 fully saturated rings. The molecule has 3 amide bonds. The van der Waals surface area contributed by atoms with E-state index in [4.69, 9.17) is 0 Å². The Bertz CT molecular complexity index is 647. The minimum absolute atomic E-state index is 0.0628. The van der Waals surface area contributed by atoms with Crippen molar-refractivity contribution < 1.29 is 14.0 Å². The number of urea groups is 1. The van der Waals surface area contributed by atoms with Crippen molar-refractivity contribution in [1.82, 2.24) is 9.80 Å². The van der Waals surface area contributed by atoms with Gasteiger partial charge in [-0.05, 0) is 49.8 Å². The van der Waals surface area contributed by atoms with Gasteiger partial charge in [-0.15, -0.1) is 0 Å². The first kappa shape index (κ1) is 16.7. The number of carbonyl (C=O) groups is 2. The van der Waals surface area contributed by atoms with Crippen molar-refractivity contribution in [2.75, 3.05) is 26.0 Å². The summed E-state index contributed by atoms with van der Waals surface area (Å²) in [5.74, 6) is -0.172. The summed E-state index contributed by atoms with van der Waals surface area (Å²) in [7, 11) is 3.27. The average molecular weight is 333 g/mol. The Labute approximate surface area is 141 Å². The molecule has 1 heterocycles. The summed E-state index contributed by atoms with van der Waals surface area (Å²) in [6.07, 6.45) is 5.53. The molecule has 1 N–H and O–H groups in total. The van der Waals surface area contributed by atoms with Crippen LogP contribution in [-0.2, 0) is 0 Å². The van der Waals surface area contributed by atoms with Crippen molar-refractivity contribution in [3.8, 4) is 0 Å². The number of hydrogen-bond donors (Lipinski definition) is 1. The summed E-state index contributed by atoms with van der Waals surface area (Å²) in [6, 6.07) is 4.07. The molecular weight excluding hydrogens is 309 g/mol. The minimum atomic E-state index is -0.529. The highest BCUT2D eigenvalue weighted by Crippen LogP contribution is 2.37. The lowest BCUT2D eigenvalue weighted by atomic mass is 9.92. The minimum Gasteiger partial charge on any atom is -0.345 e. The molecule has 2 aliphatic rings. The van der Waals surface area contributed by atoms with Gasteiger partial charge in [0.15, 0.2) is 0 Å². The first-order chi connectivity index (χ1) is 11.5. The fourth-order valence-corrected chi connectivity index (χ4v) is 3.91. The summed E-state index contributed by atoms with van der Waals surface area (Å²) in [5.41, 5.74) is 0.418. The molecule has 1 aliphatic heterocycles. The van der Waals surface area contributed by atoms with Gasteiger partial charge in [0.25, 0.3) is 5.91 Å². The molecule has 5 nitrogen and oxygen atoms in total. The van der Waals surface area contributed by atoms with E-state index in [0.717, 1.165) is 19.3 Å². The monoisotopic (exact) mass is 333 g/mol. The Balaban J connectivity index is 1.76. The molecule has 1 aromatic carbocycles. The number of amides is 3. The van der Waals surface area contributed by atoms with E-state index in [2.05, 4.69) is 5.32 Å². The Morgan fingerprint density at radius 1 is 1.21 bits per heavy atom. The smallest absolute Gasteiger partial charge is 0.322 e. The van der Waals surface area contributed by atoms with Crippen LogP contribution in [0.5, 0.6) is 0 Å². The number of nitrogens with one attached hydrogen (secondary N) is 1. The van der Waals surface area contributed by atoms with Gasteiger partial charge in [0.05, 0.1) is 5.69 Å². The standard InChI is InChI=1S/C18H24FN3O2/c1-21(2)17(23)13-8-9-14(19)15(11-13)20-18(24)22-10-4-6-12-5-3-7-16(12)22/h8-9,11-12,16H,3-7,10H2,1-2H3,(H,20,24)/t12-,16+/m0/s1. The van der Waals surface area contributed by atoms with Gasteiger partial charge >= 0.3 is 6.03 Å². The zero-order chi connectivity index (χ0) is 17.3. The molecule has 1 saturated carbocycles. The first-order valence-corrected chi connectivity index (χ1v) is 8.56. The Morgan fingerprint density at radius 2 is 1.96 bits per heavy atom. The highest BCUT2D eigenvalue weighted by molar-refractivity contribution is 5.96. The van der Waals surface area contributed by atoms with Crippen LogP contribution in [0.4, 0.5) is 14.9 Å². The molecule has 2 atom stereocenters. The van der Waals surface area contributed by atoms with Crippen LogP contribution in [0.15, 0.2) is 18.2 Å². The molecule has 0 aromatic heterocycles. The van der Waals surface area contributed by atoms with E-state index < -0.39 is 5.82 Å². The number of anilines is 1. The van der Waals surface area contributed by atoms with Crippen LogP contribution in [0.1, 0.15) is 42.5 Å². The first-order valence-electron chi connectivity index (χ1n) is 8.56. The van der Waals surface area contributed by atoms with Crippen molar-refractivity contribution in [2.45, 2.75) is 38.1 Å². The summed E-state index contributed by atoms with van der Waals surface area (Å²) in [5, 5.41) is 2.67. The number of fused-ring (bicyclic) bond motifs is 1. The summed E-state index contributed by atoms with van der Waals surface area (Å²) >= 11 is 0. The SMILES string of the molecule is CN(C)C(=O)c1ccc(F)c(NC(=O)N2CCC[C@@H]3CCC[C@H]32)c1. The third-order valence-corrected chi connectivity index (χ3v) is 5.12. The second-order valence-electron chi connectivity index (χ2n) is 6.92. The number of rotatable bonds is 2. The van der Waals surface area contributed by atoms with Gasteiger partial charge in [0.2, 0.25) is 0 Å². The van der Waals surface area contributed by atoms with Crippen molar-refractivity contribution in [3.63, 3.8) is 0 Å². The number of halogens is 1. The zero-order valence-electron chi connectivity index (χ0n) is 14.2. The van der Waals surface area contributed by atoms with Crippen molar-refractivity contribution in [3.05, 3.63) is 29.6 Å². The number of benzene rings is 1. The van der Waals surface area contributed by atoms with E-state index in [1.807, 2.05) is 4.90 Å². The molecule has 0 spiro atoms. The van der Waals surface area contributed by atoms with E-state index in [-0.39, 0.29) is 23.7 Å². The molecule has 1 aliphatic carbocycles. The van der Waals surface area contributed by atoms with E-state index in [1.54, 1.807) is 14.1 Å². The lowest BCUT2D eigenvalue weighted by Gasteiger charge is -2.37. The second-order valence-corrected chi connectivity index (χ2v) is 6.92. The molecule has 130 valence electrons. The zero-order valence-corrected chi connectivity index (χ0v) is 14.2. The molecule has 1 saturated heterocycles. The highest BCUT2D eigenvalue weighted by atomic mass is 19.1. The quantitative estimate of drug-likeness (QED) is 0.902. The number of carbonyl (C=O) groups excluding carboxylic acids is 2. The molecule has 0 bridgehead atoms. The van der Waals surface area contributed by atoms with E-state index in [0.29, 0.717) is 18.0 Å². The maximum absolute atomic E-state index is 14.1. The van der Waals surface area contributed by atoms with E-state index in [9.17, 15) is 14.0 Å². The number of likely N-dealkylation sites (tertiary alicyclic amines) is 1. The van der Waals surface area contributed by atoms with Gasteiger partial charge in [-0.2, -0.15) is 0 Å². The van der Waals surface area contributed by atoms with Crippen molar-refractivity contribution >= 4 is 17.6 Å². The number of nitrogens with zero attached hydrogens (tertiary/aromatic N) is 2. The number of hydrogen-bond acceptors (Lipinski definition) is 2. The maximum Gasteiger partial charge on any atom is 0.322 e. The lowest BCUT2D eigenvalue weighted by Crippen LogP contribution is -2.48. The molecule has 1 aromatic rings. The van der Waals surface area contributed by atoms with Crippen LogP contribution >= 0.6 is 0 Å². The molecular formula is C18H24FN3O2. The van der Waals surface area contributed by atoms with Crippen LogP contribution in [0.3, 0.4) is 0 Å². The van der Waals surface area contributed by atoms with Gasteiger partial charge in [-0.1, -0.05) is 6.42 Å². The number of piperidine rings is 1. The van der Waals surface area contributed by atoms with Crippen LogP contribution < -0.4 is 5.32 Å². The van der Waals surface area contributed by atoms with Gasteiger partial charge in [0.1, 0.15) is 5.82 Å². The third-order valence-electron chi connectivity index (χ3n) is 5.12. The predicted octanol–water partition coefficient (Wildman–Crippen LogP) is 3.32. The molecule has 0 radical (unpaired) electrons. The van der Waals surface area contributed by atoms with Gasteiger partial charge in [0, 0.05) is 32.2 Å². The van der Waals surface area contributed by atoms with Crippen LogP contribution in [0.25, 0.3) is 0 Å². The van der Waals surface area contributed by atoms with Crippen LogP contribution in [0.2, 0.25) is 0 Å². The van der Waals surface area contributed by atoms with Crippen LogP contribution in [0, 0.1) is 11.7 Å². The summed E-state index contributed by atoms with van der Waals surface area (Å²) < 4.78 is 14.1. The normalized spacial score (nSPS) is 22.9. The van der Waals surface area contributed by atoms with Gasteiger partial charge in [-0.3, -0.25) is 4.79 Å². The molecule has 0 unspecified atom stereocenters. The molecule has 3 rings (SSSR count). The summed E-state index contributed by atoms with van der Waals surface area (Å²) in [4.78, 5) is 27.9. The second kappa shape index (κ2) is 6.79. The van der Waals surface area contributed by atoms with Gasteiger partial charge < -0.3 is 15.1 Å². The van der Waals surface area contributed by atoms with E-state index >= 15 is 0 Å². The Morgan fingerprint density at radius 3 is 2.71 bits per heavy atom. The lowest BCUT2D eigenvalue weighted by molar-refractivity contribution is 0.0827. The fraction of sp³-hybridized carbons (Fsp3) is 0.556. The maximum atomic E-state index is 14.1. The van der Waals surface area contributed by atoms with Gasteiger partial charge in [-0.25, -0.2) is 9.18 Å². The molecule has 6 heteroatoms. The largest absolute Gasteiger partial charge is 0.345 e. The average Bonchev–Trinajstić information content (AvgIpc) is 3.04. The van der Waals surface area contributed by atoms with E-state index in [1.165, 1.54) is 35.9 Å². The summed E-state index contributed by atoms with van der Waals surface area (Å²) in [6.45, 7) is 0.713. The highest BCUT2D eigenvalue weighted by Gasteiger charge is 2.37. The Kier molecular flexibility index (Phi) is 4.73. The fourth-order valence-electron chi connectivity index (χ4n) is 3.91.